The molecule has 0 radical (unpaired) electrons. The monoisotopic (exact) mass is 259 g/mol. The highest BCUT2D eigenvalue weighted by molar-refractivity contribution is 5.50. The normalized spacial score (nSPS) is 10.0. The van der Waals surface area contributed by atoms with Crippen LogP contribution < -0.4 is 19.9 Å². The lowest BCUT2D eigenvalue weighted by Crippen LogP contribution is -1.97. The van der Waals surface area contributed by atoms with E-state index in [2.05, 4.69) is 0 Å². The molecule has 2 N–H and O–H groups in total. The first-order valence-electron chi connectivity index (χ1n) is 5.91. The fraction of sp³-hybridized carbons (Fsp3) is 0.200. The number of nitrogens with two attached hydrogens (primary N) is 1. The summed E-state index contributed by atoms with van der Waals surface area (Å²) in [6, 6.07) is 13.1. The van der Waals surface area contributed by atoms with E-state index in [0.717, 1.165) is 11.3 Å². The molecule has 0 atom stereocenters. The van der Waals surface area contributed by atoms with Gasteiger partial charge in [-0.15, -0.1) is 0 Å². The Morgan fingerprint density at radius 3 is 2.37 bits per heavy atom. The molecule has 0 bridgehead atoms. The van der Waals surface area contributed by atoms with E-state index in [1.54, 1.807) is 32.4 Å². The topological polar surface area (TPSA) is 53.7 Å². The average Bonchev–Trinajstić information content (AvgIpc) is 2.44. The van der Waals surface area contributed by atoms with Crippen LogP contribution in [-0.4, -0.2) is 14.2 Å². The van der Waals surface area contributed by atoms with Gasteiger partial charge in [0.1, 0.15) is 23.9 Å². The first kappa shape index (κ1) is 13.1. The van der Waals surface area contributed by atoms with Crippen molar-refractivity contribution in [2.75, 3.05) is 20.0 Å². The average molecular weight is 259 g/mol. The maximum atomic E-state index is 5.77. The largest absolute Gasteiger partial charge is 0.497 e. The third-order valence-electron chi connectivity index (χ3n) is 2.68. The molecule has 2 aromatic carbocycles. The van der Waals surface area contributed by atoms with Gasteiger partial charge in [-0.05, 0) is 17.7 Å². The van der Waals surface area contributed by atoms with Gasteiger partial charge in [0.2, 0.25) is 0 Å². The lowest BCUT2D eigenvalue weighted by Gasteiger charge is -2.10. The van der Waals surface area contributed by atoms with Crippen molar-refractivity contribution in [2.45, 2.75) is 6.61 Å². The maximum absolute atomic E-state index is 5.77. The Morgan fingerprint density at radius 1 is 0.895 bits per heavy atom. The van der Waals surface area contributed by atoms with Gasteiger partial charge in [0.15, 0.2) is 0 Å². The summed E-state index contributed by atoms with van der Waals surface area (Å²) in [6.07, 6.45) is 0. The number of benzene rings is 2. The Kier molecular flexibility index (Phi) is 4.13. The van der Waals surface area contributed by atoms with Crippen molar-refractivity contribution in [2.24, 2.45) is 0 Å². The molecule has 0 aromatic heterocycles. The molecule has 0 saturated carbocycles. The summed E-state index contributed by atoms with van der Waals surface area (Å²) < 4.78 is 16.0. The van der Waals surface area contributed by atoms with Gasteiger partial charge in [-0.3, -0.25) is 0 Å². The minimum absolute atomic E-state index is 0.448. The summed E-state index contributed by atoms with van der Waals surface area (Å²) in [6.45, 7) is 0.448. The van der Waals surface area contributed by atoms with E-state index in [-0.39, 0.29) is 0 Å². The Morgan fingerprint density at radius 2 is 1.63 bits per heavy atom. The zero-order valence-electron chi connectivity index (χ0n) is 11.1. The van der Waals surface area contributed by atoms with Gasteiger partial charge in [0.05, 0.1) is 14.2 Å². The lowest BCUT2D eigenvalue weighted by atomic mass is 10.2. The van der Waals surface area contributed by atoms with Crippen LogP contribution in [0.1, 0.15) is 5.56 Å². The van der Waals surface area contributed by atoms with Crippen molar-refractivity contribution in [3.63, 3.8) is 0 Å². The predicted octanol–water partition coefficient (Wildman–Crippen LogP) is 2.87. The number of methoxy groups -OCH3 is 2. The van der Waals surface area contributed by atoms with Gasteiger partial charge >= 0.3 is 0 Å². The third kappa shape index (κ3) is 3.55. The molecular formula is C15H17NO3. The molecule has 19 heavy (non-hydrogen) atoms. The van der Waals surface area contributed by atoms with Crippen LogP contribution in [0, 0.1) is 0 Å². The summed E-state index contributed by atoms with van der Waals surface area (Å²) in [4.78, 5) is 0. The van der Waals surface area contributed by atoms with E-state index in [9.17, 15) is 0 Å². The molecule has 0 spiro atoms. The molecule has 100 valence electrons. The summed E-state index contributed by atoms with van der Waals surface area (Å²) in [7, 11) is 3.24. The highest BCUT2D eigenvalue weighted by Crippen LogP contribution is 2.25. The van der Waals surface area contributed by atoms with Crippen LogP contribution in [0.15, 0.2) is 42.5 Å². The molecule has 0 aliphatic heterocycles. The van der Waals surface area contributed by atoms with E-state index in [0.29, 0.717) is 23.8 Å². The Balaban J connectivity index is 2.07. The van der Waals surface area contributed by atoms with Gasteiger partial charge in [0.25, 0.3) is 0 Å². The second kappa shape index (κ2) is 6.00. The van der Waals surface area contributed by atoms with Crippen LogP contribution in [0.25, 0.3) is 0 Å². The smallest absolute Gasteiger partial charge is 0.125 e. The third-order valence-corrected chi connectivity index (χ3v) is 2.68. The quantitative estimate of drug-likeness (QED) is 0.839. The summed E-state index contributed by atoms with van der Waals surface area (Å²) >= 11 is 0. The Labute approximate surface area is 112 Å². The van der Waals surface area contributed by atoms with Gasteiger partial charge in [0, 0.05) is 23.9 Å². The van der Waals surface area contributed by atoms with Crippen molar-refractivity contribution >= 4 is 5.69 Å². The molecule has 0 aliphatic rings. The summed E-state index contributed by atoms with van der Waals surface area (Å²) in [5.74, 6) is 2.17. The zero-order chi connectivity index (χ0) is 13.7. The van der Waals surface area contributed by atoms with Gasteiger partial charge in [-0.2, -0.15) is 0 Å². The van der Waals surface area contributed by atoms with Crippen molar-refractivity contribution in [3.8, 4) is 17.2 Å². The summed E-state index contributed by atoms with van der Waals surface area (Å²) in [5, 5.41) is 0. The molecular weight excluding hydrogens is 242 g/mol. The fourth-order valence-corrected chi connectivity index (χ4v) is 1.72. The molecule has 2 aromatic rings. The van der Waals surface area contributed by atoms with Crippen LogP contribution in [0.4, 0.5) is 5.69 Å². The van der Waals surface area contributed by atoms with Crippen molar-refractivity contribution in [1.29, 1.82) is 0 Å². The molecule has 0 fully saturated rings. The highest BCUT2D eigenvalue weighted by Gasteiger charge is 2.02. The number of ether oxygens (including phenoxy) is 3. The number of nitrogen functional groups attached to an aromatic ring is 1. The molecule has 0 unspecified atom stereocenters. The predicted molar refractivity (Wildman–Crippen MR) is 74.7 cm³/mol. The van der Waals surface area contributed by atoms with Gasteiger partial charge in [-0.1, -0.05) is 12.1 Å². The van der Waals surface area contributed by atoms with E-state index in [4.69, 9.17) is 19.9 Å². The maximum Gasteiger partial charge on any atom is 0.125 e. The van der Waals surface area contributed by atoms with E-state index in [1.807, 2.05) is 24.3 Å². The van der Waals surface area contributed by atoms with Gasteiger partial charge in [-0.25, -0.2) is 0 Å². The van der Waals surface area contributed by atoms with Gasteiger partial charge < -0.3 is 19.9 Å². The van der Waals surface area contributed by atoms with Crippen LogP contribution in [0.5, 0.6) is 17.2 Å². The second-order valence-electron chi connectivity index (χ2n) is 4.08. The molecule has 0 aliphatic carbocycles. The fourth-order valence-electron chi connectivity index (χ4n) is 1.72. The van der Waals surface area contributed by atoms with Crippen LogP contribution in [0.3, 0.4) is 0 Å². The van der Waals surface area contributed by atoms with Crippen LogP contribution in [0.2, 0.25) is 0 Å². The number of anilines is 1. The second-order valence-corrected chi connectivity index (χ2v) is 4.08. The number of hydrogen-bond acceptors (Lipinski definition) is 4. The number of hydrogen-bond donors (Lipinski definition) is 1. The van der Waals surface area contributed by atoms with E-state index < -0.39 is 0 Å². The molecule has 4 heteroatoms. The molecule has 4 nitrogen and oxygen atoms in total. The molecule has 0 amide bonds. The van der Waals surface area contributed by atoms with Crippen molar-refractivity contribution < 1.29 is 14.2 Å². The first-order chi connectivity index (χ1) is 9.21. The van der Waals surface area contributed by atoms with E-state index >= 15 is 0 Å². The first-order valence-corrected chi connectivity index (χ1v) is 5.91. The molecule has 0 heterocycles. The van der Waals surface area contributed by atoms with Crippen LogP contribution >= 0.6 is 0 Å². The lowest BCUT2D eigenvalue weighted by molar-refractivity contribution is 0.303. The minimum atomic E-state index is 0.448. The van der Waals surface area contributed by atoms with Crippen molar-refractivity contribution in [1.82, 2.24) is 0 Å². The van der Waals surface area contributed by atoms with E-state index in [1.165, 1.54) is 0 Å². The number of rotatable bonds is 5. The zero-order valence-corrected chi connectivity index (χ0v) is 11.1. The molecule has 0 saturated heterocycles. The Bertz CT molecular complexity index is 555. The highest BCUT2D eigenvalue weighted by atomic mass is 16.5. The Hall–Kier alpha value is -2.36. The van der Waals surface area contributed by atoms with Crippen LogP contribution in [-0.2, 0) is 6.61 Å². The molecule has 2 rings (SSSR count). The standard InChI is InChI=1S/C15H17NO3/c1-17-13-5-3-4-11(6-13)10-19-15-8-12(16)7-14(9-15)18-2/h3-9H,10,16H2,1-2H3. The minimum Gasteiger partial charge on any atom is -0.497 e. The summed E-state index contributed by atoms with van der Waals surface area (Å²) in [5.41, 5.74) is 7.41. The SMILES string of the molecule is COc1cccc(COc2cc(N)cc(OC)c2)c1. The van der Waals surface area contributed by atoms with Crippen molar-refractivity contribution in [3.05, 3.63) is 48.0 Å².